The van der Waals surface area contributed by atoms with Crippen molar-refractivity contribution in [3.8, 4) is 0 Å². The Bertz CT molecular complexity index is 2400. The minimum Gasteiger partial charge on any atom is -0.352 e. The van der Waals surface area contributed by atoms with Gasteiger partial charge >= 0.3 is 12.1 Å². The summed E-state index contributed by atoms with van der Waals surface area (Å²) >= 11 is 0. The summed E-state index contributed by atoms with van der Waals surface area (Å²) in [6.45, 7) is 6.85. The molecule has 0 spiro atoms. The minimum atomic E-state index is -1.04. The molecule has 8 N–H and O–H groups in total. The molecule has 6 fully saturated rings. The third-order valence-corrected chi connectivity index (χ3v) is 17.3. The van der Waals surface area contributed by atoms with E-state index in [9.17, 15) is 38.4 Å². The number of nitrogens with zero attached hydrogens (tertiary/aromatic N) is 4. The number of urea groups is 2. The molecule has 4 heterocycles. The molecule has 2 aromatic carbocycles. The predicted octanol–water partition coefficient (Wildman–Crippen LogP) is 2.80. The fraction of sp³-hybridized carbons (Fsp3) is 0.649. The first-order chi connectivity index (χ1) is 37.1. The average molecular weight is 1070 g/mol. The molecule has 77 heavy (non-hydrogen) atoms. The number of nitrogens with one attached hydrogen (secondary N) is 8. The molecule has 2 aromatic rings. The number of fused-ring (bicyclic) bond motifs is 2. The number of carbonyl (C=O) groups is 8. The van der Waals surface area contributed by atoms with Gasteiger partial charge in [-0.1, -0.05) is 73.5 Å². The van der Waals surface area contributed by atoms with Crippen molar-refractivity contribution in [3.05, 3.63) is 71.8 Å². The minimum absolute atomic E-state index is 0.0355. The van der Waals surface area contributed by atoms with Crippen LogP contribution in [0.4, 0.5) is 9.59 Å². The van der Waals surface area contributed by atoms with Gasteiger partial charge in [0.15, 0.2) is 0 Å². The van der Waals surface area contributed by atoms with Crippen molar-refractivity contribution < 1.29 is 38.4 Å². The van der Waals surface area contributed by atoms with Gasteiger partial charge < -0.3 is 62.1 Å². The van der Waals surface area contributed by atoms with Crippen molar-refractivity contribution in [2.45, 2.75) is 182 Å². The monoisotopic (exact) mass is 1060 g/mol. The average Bonchev–Trinajstić information content (AvgIpc) is 4.06. The Morgan fingerprint density at radius 2 is 1.01 bits per heavy atom. The normalized spacial score (nSPS) is 28.9. The number of amides is 10. The first kappa shape index (κ1) is 56.9. The van der Waals surface area contributed by atoms with Crippen LogP contribution in [0.25, 0.3) is 0 Å². The van der Waals surface area contributed by atoms with Crippen LogP contribution in [0.5, 0.6) is 0 Å². The number of benzene rings is 2. The van der Waals surface area contributed by atoms with Crippen LogP contribution in [0.3, 0.4) is 0 Å². The van der Waals surface area contributed by atoms with Gasteiger partial charge in [0.1, 0.15) is 24.2 Å². The van der Waals surface area contributed by atoms with E-state index in [1.165, 1.54) is 11.1 Å². The zero-order valence-electron chi connectivity index (χ0n) is 45.8. The van der Waals surface area contributed by atoms with Gasteiger partial charge in [0.05, 0.1) is 25.2 Å². The zero-order chi connectivity index (χ0) is 54.8. The smallest absolute Gasteiger partial charge is 0.317 e. The fourth-order valence-electron chi connectivity index (χ4n) is 12.4. The van der Waals surface area contributed by atoms with Crippen molar-refractivity contribution in [2.75, 3.05) is 53.4 Å². The maximum atomic E-state index is 14.5. The second kappa shape index (κ2) is 25.9. The highest BCUT2D eigenvalue weighted by atomic mass is 16.2. The molecule has 8 rings (SSSR count). The summed E-state index contributed by atoms with van der Waals surface area (Å²) in [5.41, 5.74) is 2.13. The summed E-state index contributed by atoms with van der Waals surface area (Å²) in [5, 5.41) is 24.1. The van der Waals surface area contributed by atoms with E-state index in [1.54, 1.807) is 47.5 Å². The number of likely N-dealkylation sites (N-methyl/N-ethyl adjacent to an activating group) is 2. The molecule has 10 amide bonds. The van der Waals surface area contributed by atoms with E-state index in [4.69, 9.17) is 0 Å². The lowest BCUT2D eigenvalue weighted by Gasteiger charge is -2.47. The first-order valence-electron chi connectivity index (χ1n) is 28.4. The molecule has 2 saturated carbocycles. The first-order valence-corrected chi connectivity index (χ1v) is 28.4. The molecule has 20 heteroatoms. The van der Waals surface area contributed by atoms with E-state index < -0.39 is 36.3 Å². The van der Waals surface area contributed by atoms with Crippen molar-refractivity contribution in [3.63, 3.8) is 0 Å². The molecule has 4 saturated heterocycles. The Kier molecular flexibility index (Phi) is 19.2. The van der Waals surface area contributed by atoms with E-state index in [0.717, 1.165) is 38.5 Å². The third-order valence-electron chi connectivity index (χ3n) is 17.3. The molecule has 0 bridgehead atoms. The molecular formula is C57H84N12O8. The standard InChI is InChI=1S/C57H84N12O8/c1-36(58-4)49(70)63-45-34-66(28-24-43-20-22-47(68(43)53(45)74)51(72)62-42-30-40(31-42)38-16-10-8-11-17-38)55(76)60-26-14-6-7-15-27-61-56(77)67-29-25-44-21-23-48(69(44)54(75)46(35-67)64-50(71)37(2)59-5)52(73)65-57(3)32-41(33-57)39-18-12-9-13-19-39/h8-13,16-19,36-37,40-48,58-59H,6-7,14-15,20-35H2,1-5H3,(H,60,76)(H,61,77)(H,62,72)(H,63,70)(H,64,71)(H,65,73)/t36-,37-,40?,41?,42?,43+,44+,45-,46-,47-,48-,57?/m0/s1. The molecule has 2 aliphatic carbocycles. The lowest BCUT2D eigenvalue weighted by atomic mass is 9.66. The van der Waals surface area contributed by atoms with Gasteiger partial charge in [-0.3, -0.25) is 28.8 Å². The highest BCUT2D eigenvalue weighted by Crippen LogP contribution is 2.45. The summed E-state index contributed by atoms with van der Waals surface area (Å²) in [6, 6.07) is 14.8. The molecule has 0 unspecified atom stereocenters. The van der Waals surface area contributed by atoms with Crippen LogP contribution in [-0.4, -0.2) is 180 Å². The second-order valence-corrected chi connectivity index (χ2v) is 22.8. The lowest BCUT2D eigenvalue weighted by molar-refractivity contribution is -0.145. The van der Waals surface area contributed by atoms with Gasteiger partial charge in [0.2, 0.25) is 35.4 Å². The van der Waals surface area contributed by atoms with Crippen LogP contribution in [-0.2, 0) is 28.8 Å². The quantitative estimate of drug-likeness (QED) is 0.0957. The van der Waals surface area contributed by atoms with E-state index in [-0.39, 0.29) is 84.3 Å². The predicted molar refractivity (Wildman–Crippen MR) is 291 cm³/mol. The maximum Gasteiger partial charge on any atom is 0.317 e. The van der Waals surface area contributed by atoms with Crippen LogP contribution in [0.15, 0.2) is 60.7 Å². The molecule has 0 aromatic heterocycles. The van der Waals surface area contributed by atoms with E-state index >= 15 is 0 Å². The van der Waals surface area contributed by atoms with Gasteiger partial charge in [-0.2, -0.15) is 0 Å². The number of carbonyl (C=O) groups excluding carboxylic acids is 8. The molecule has 0 radical (unpaired) electrons. The molecule has 4 aliphatic heterocycles. The van der Waals surface area contributed by atoms with Crippen molar-refractivity contribution >= 4 is 47.5 Å². The van der Waals surface area contributed by atoms with Crippen molar-refractivity contribution in [1.29, 1.82) is 0 Å². The third kappa shape index (κ3) is 13.9. The Morgan fingerprint density at radius 1 is 0.571 bits per heavy atom. The van der Waals surface area contributed by atoms with Crippen molar-refractivity contribution in [1.82, 2.24) is 62.1 Å². The Labute approximate surface area is 454 Å². The van der Waals surface area contributed by atoms with Gasteiger partial charge in [-0.15, -0.1) is 0 Å². The Balaban J connectivity index is 0.777. The fourth-order valence-corrected chi connectivity index (χ4v) is 12.4. The number of rotatable bonds is 19. The zero-order valence-corrected chi connectivity index (χ0v) is 45.8. The summed E-state index contributed by atoms with van der Waals surface area (Å²) in [4.78, 5) is 117. The summed E-state index contributed by atoms with van der Waals surface area (Å²) in [5.74, 6) is -1.08. The number of hydrogen-bond donors (Lipinski definition) is 8. The molecule has 8 atom stereocenters. The largest absolute Gasteiger partial charge is 0.352 e. The van der Waals surface area contributed by atoms with Crippen LogP contribution in [0.2, 0.25) is 0 Å². The number of unbranched alkanes of at least 4 members (excludes halogenated alkanes) is 3. The van der Waals surface area contributed by atoms with Gasteiger partial charge in [-0.05, 0) is 135 Å². The van der Waals surface area contributed by atoms with Crippen LogP contribution < -0.4 is 42.5 Å². The summed E-state index contributed by atoms with van der Waals surface area (Å²) in [6.07, 6.45) is 9.47. The van der Waals surface area contributed by atoms with Crippen LogP contribution in [0.1, 0.15) is 134 Å². The molecule has 6 aliphatic rings. The van der Waals surface area contributed by atoms with Crippen molar-refractivity contribution in [2.24, 2.45) is 0 Å². The molecule has 420 valence electrons. The molecule has 20 nitrogen and oxygen atoms in total. The summed E-state index contributed by atoms with van der Waals surface area (Å²) < 4.78 is 0. The highest BCUT2D eigenvalue weighted by Gasteiger charge is 2.50. The SMILES string of the molecule is CN[C@@H](C)C(=O)N[C@H]1CN(C(=O)NCCCCCCNC(=O)N2CC[C@H]3CC[C@@H](C(=O)NC4(C)CC(c5ccccc5)C4)N3C(=O)[C@@H](NC(=O)[C@H](C)NC)C2)CC[C@H]2CC[C@@H](C(=O)NC3CC(c4ccccc4)C3)N2C1=O. The highest BCUT2D eigenvalue weighted by molar-refractivity contribution is 5.96. The van der Waals surface area contributed by atoms with Crippen LogP contribution >= 0.6 is 0 Å². The topological polar surface area (TPSA) is 246 Å². The van der Waals surface area contributed by atoms with Gasteiger partial charge in [0, 0.05) is 49.8 Å². The molecular weight excluding hydrogens is 981 g/mol. The number of hydrogen-bond acceptors (Lipinski definition) is 10. The Morgan fingerprint density at radius 3 is 1.47 bits per heavy atom. The van der Waals surface area contributed by atoms with Gasteiger partial charge in [-0.25, -0.2) is 9.59 Å². The van der Waals surface area contributed by atoms with E-state index in [0.29, 0.717) is 89.4 Å². The van der Waals surface area contributed by atoms with Crippen LogP contribution in [0, 0.1) is 0 Å². The van der Waals surface area contributed by atoms with E-state index in [2.05, 4.69) is 73.7 Å². The summed E-state index contributed by atoms with van der Waals surface area (Å²) in [7, 11) is 3.32. The van der Waals surface area contributed by atoms with Gasteiger partial charge in [0.25, 0.3) is 0 Å². The van der Waals surface area contributed by atoms with E-state index in [1.807, 2.05) is 36.4 Å². The Hall–Kier alpha value is -6.28. The maximum absolute atomic E-state index is 14.5. The second-order valence-electron chi connectivity index (χ2n) is 22.8. The lowest BCUT2D eigenvalue weighted by Crippen LogP contribution is -2.64.